The van der Waals surface area contributed by atoms with Crippen molar-refractivity contribution in [1.29, 1.82) is 0 Å². The van der Waals surface area contributed by atoms with Crippen LogP contribution in [0.15, 0.2) is 88.9 Å². The second kappa shape index (κ2) is 10.4. The molecule has 3 aromatic carbocycles. The van der Waals surface area contributed by atoms with Crippen LogP contribution in [0.1, 0.15) is 16.7 Å². The van der Waals surface area contributed by atoms with Gasteiger partial charge in [0.05, 0.1) is 27.9 Å². The summed E-state index contributed by atoms with van der Waals surface area (Å²) in [6.45, 7) is -0.960. The number of hydrogen-bond acceptors (Lipinski definition) is 4. The lowest BCUT2D eigenvalue weighted by atomic mass is 10.1. The number of alkyl halides is 6. The number of halogens is 6. The third kappa shape index (κ3) is 6.62. The standard InChI is InChI=1S/C23H17F6N3O3S/c24-22(25,26)17-7-4-6-16(12-17)14-30-31-21(33)15-32(36(34,35)20-10-2-1-3-11-20)19-9-5-8-18(13-19)23(27,28)29/h1-14H,15H2,(H,31,33). The summed E-state index contributed by atoms with van der Waals surface area (Å²) < 4.78 is 105. The van der Waals surface area contributed by atoms with Gasteiger partial charge in [-0.3, -0.25) is 9.10 Å². The molecule has 0 atom stereocenters. The third-order valence-electron chi connectivity index (χ3n) is 4.70. The van der Waals surface area contributed by atoms with Gasteiger partial charge in [0.2, 0.25) is 0 Å². The molecule has 0 saturated heterocycles. The maximum Gasteiger partial charge on any atom is 0.416 e. The Labute approximate surface area is 201 Å². The Bertz CT molecular complexity index is 1360. The number of sulfonamides is 1. The van der Waals surface area contributed by atoms with E-state index in [-0.39, 0.29) is 10.5 Å². The molecule has 0 radical (unpaired) electrons. The summed E-state index contributed by atoms with van der Waals surface area (Å²) in [6.07, 6.45) is -8.45. The van der Waals surface area contributed by atoms with E-state index in [0.717, 1.165) is 42.6 Å². The average molecular weight is 529 g/mol. The summed E-state index contributed by atoms with van der Waals surface area (Å²) in [5, 5.41) is 3.53. The van der Waals surface area contributed by atoms with Crippen LogP contribution in [-0.2, 0) is 27.2 Å². The second-order valence-corrected chi connectivity index (χ2v) is 9.15. The Hall–Kier alpha value is -3.87. The van der Waals surface area contributed by atoms with Crippen LogP contribution in [0.5, 0.6) is 0 Å². The molecule has 0 saturated carbocycles. The predicted molar refractivity (Wildman–Crippen MR) is 120 cm³/mol. The number of nitrogens with one attached hydrogen (secondary N) is 1. The lowest BCUT2D eigenvalue weighted by Gasteiger charge is -2.24. The van der Waals surface area contributed by atoms with E-state index in [1.807, 2.05) is 5.43 Å². The number of nitrogens with zero attached hydrogens (tertiary/aromatic N) is 2. The Kier molecular flexibility index (Phi) is 7.72. The molecule has 0 aromatic heterocycles. The average Bonchev–Trinajstić information content (AvgIpc) is 2.82. The van der Waals surface area contributed by atoms with Crippen LogP contribution in [0.25, 0.3) is 0 Å². The van der Waals surface area contributed by atoms with Gasteiger partial charge >= 0.3 is 12.4 Å². The summed E-state index contributed by atoms with van der Waals surface area (Å²) in [5.41, 5.74) is -0.520. The molecule has 0 aliphatic heterocycles. The third-order valence-corrected chi connectivity index (χ3v) is 6.48. The topological polar surface area (TPSA) is 78.8 Å². The van der Waals surface area contributed by atoms with Crippen LogP contribution in [0.3, 0.4) is 0 Å². The van der Waals surface area contributed by atoms with Crippen LogP contribution in [-0.4, -0.2) is 27.1 Å². The number of hydrogen-bond donors (Lipinski definition) is 1. The van der Waals surface area contributed by atoms with E-state index >= 15 is 0 Å². The molecule has 1 N–H and O–H groups in total. The first-order valence-electron chi connectivity index (χ1n) is 10.0. The minimum Gasteiger partial charge on any atom is -0.271 e. The largest absolute Gasteiger partial charge is 0.416 e. The molecule has 36 heavy (non-hydrogen) atoms. The van der Waals surface area contributed by atoms with E-state index in [4.69, 9.17) is 0 Å². The maximum absolute atomic E-state index is 13.2. The van der Waals surface area contributed by atoms with Crippen molar-refractivity contribution in [2.45, 2.75) is 17.2 Å². The normalized spacial score (nSPS) is 12.5. The van der Waals surface area contributed by atoms with E-state index in [1.54, 1.807) is 0 Å². The number of rotatable bonds is 7. The number of carbonyl (C=O) groups excluding carboxylic acids is 1. The molecule has 3 aromatic rings. The zero-order chi connectivity index (χ0) is 26.6. The fourth-order valence-electron chi connectivity index (χ4n) is 3.01. The van der Waals surface area contributed by atoms with Crippen LogP contribution in [0.4, 0.5) is 32.0 Å². The molecule has 0 aliphatic rings. The highest BCUT2D eigenvalue weighted by Crippen LogP contribution is 2.33. The van der Waals surface area contributed by atoms with Crippen molar-refractivity contribution in [2.24, 2.45) is 5.10 Å². The molecule has 0 spiro atoms. The van der Waals surface area contributed by atoms with Gasteiger partial charge in [-0.25, -0.2) is 13.8 Å². The molecule has 0 unspecified atom stereocenters. The van der Waals surface area contributed by atoms with Crippen LogP contribution in [0, 0.1) is 0 Å². The van der Waals surface area contributed by atoms with Crippen LogP contribution in [0.2, 0.25) is 0 Å². The summed E-state index contributed by atoms with van der Waals surface area (Å²) >= 11 is 0. The van der Waals surface area contributed by atoms with E-state index in [9.17, 15) is 39.6 Å². The molecule has 3 rings (SSSR count). The first-order chi connectivity index (χ1) is 16.8. The van der Waals surface area contributed by atoms with Crippen molar-refractivity contribution in [2.75, 3.05) is 10.8 Å². The highest BCUT2D eigenvalue weighted by molar-refractivity contribution is 7.92. The van der Waals surface area contributed by atoms with Gasteiger partial charge in [-0.1, -0.05) is 36.4 Å². The van der Waals surface area contributed by atoms with Gasteiger partial charge in [0, 0.05) is 0 Å². The Morgan fingerprint density at radius 1 is 0.833 bits per heavy atom. The monoisotopic (exact) mass is 529 g/mol. The quantitative estimate of drug-likeness (QED) is 0.264. The molecule has 13 heteroatoms. The summed E-state index contributed by atoms with van der Waals surface area (Å²) in [7, 11) is -4.48. The highest BCUT2D eigenvalue weighted by atomic mass is 32.2. The van der Waals surface area contributed by atoms with E-state index in [0.29, 0.717) is 10.4 Å². The highest BCUT2D eigenvalue weighted by Gasteiger charge is 2.33. The van der Waals surface area contributed by atoms with Crippen molar-refractivity contribution in [3.8, 4) is 0 Å². The Morgan fingerprint density at radius 2 is 1.42 bits per heavy atom. The molecule has 190 valence electrons. The van der Waals surface area contributed by atoms with Crippen LogP contribution >= 0.6 is 0 Å². The van der Waals surface area contributed by atoms with Crippen molar-refractivity contribution in [1.82, 2.24) is 5.43 Å². The summed E-state index contributed by atoms with van der Waals surface area (Å²) in [4.78, 5) is 12.2. The molecule has 0 aliphatic carbocycles. The maximum atomic E-state index is 13.2. The van der Waals surface area contributed by atoms with Gasteiger partial charge in [-0.2, -0.15) is 31.4 Å². The minimum absolute atomic E-state index is 0.00299. The fourth-order valence-corrected chi connectivity index (χ4v) is 4.45. The molecule has 0 bridgehead atoms. The summed E-state index contributed by atoms with van der Waals surface area (Å²) in [6, 6.07) is 14.2. The lowest BCUT2D eigenvalue weighted by Crippen LogP contribution is -2.39. The Balaban J connectivity index is 1.87. The van der Waals surface area contributed by atoms with E-state index < -0.39 is 51.6 Å². The van der Waals surface area contributed by atoms with Crippen LogP contribution < -0.4 is 9.73 Å². The predicted octanol–water partition coefficient (Wildman–Crippen LogP) is 5.07. The molecule has 1 amide bonds. The molecule has 0 heterocycles. The van der Waals surface area contributed by atoms with Crippen molar-refractivity contribution in [3.63, 3.8) is 0 Å². The van der Waals surface area contributed by atoms with Crippen molar-refractivity contribution in [3.05, 3.63) is 95.6 Å². The lowest BCUT2D eigenvalue weighted by molar-refractivity contribution is -0.138. The molecular weight excluding hydrogens is 512 g/mol. The minimum atomic E-state index is -4.77. The molecule has 6 nitrogen and oxygen atoms in total. The van der Waals surface area contributed by atoms with E-state index in [1.165, 1.54) is 36.4 Å². The smallest absolute Gasteiger partial charge is 0.271 e. The zero-order valence-electron chi connectivity index (χ0n) is 18.1. The van der Waals surface area contributed by atoms with Gasteiger partial charge in [0.1, 0.15) is 6.54 Å². The van der Waals surface area contributed by atoms with E-state index in [2.05, 4.69) is 5.10 Å². The van der Waals surface area contributed by atoms with Gasteiger partial charge in [0.25, 0.3) is 15.9 Å². The van der Waals surface area contributed by atoms with Crippen molar-refractivity contribution < 1.29 is 39.6 Å². The van der Waals surface area contributed by atoms with Gasteiger partial charge < -0.3 is 0 Å². The Morgan fingerprint density at radius 3 is 2.03 bits per heavy atom. The molecule has 0 fully saturated rings. The van der Waals surface area contributed by atoms with Gasteiger partial charge in [-0.15, -0.1) is 0 Å². The number of carbonyl (C=O) groups is 1. The number of anilines is 1. The first kappa shape index (κ1) is 26.7. The first-order valence-corrected chi connectivity index (χ1v) is 11.5. The summed E-state index contributed by atoms with van der Waals surface area (Å²) in [5.74, 6) is -1.05. The number of amides is 1. The van der Waals surface area contributed by atoms with Crippen molar-refractivity contribution >= 4 is 27.8 Å². The zero-order valence-corrected chi connectivity index (χ0v) is 18.9. The SMILES string of the molecule is O=C(CN(c1cccc(C(F)(F)F)c1)S(=O)(=O)c1ccccc1)NN=Cc1cccc(C(F)(F)F)c1. The fraction of sp³-hybridized carbons (Fsp3) is 0.130. The number of benzene rings is 3. The molecular formula is C23H17F6N3O3S. The number of hydrazone groups is 1. The van der Waals surface area contributed by atoms with Gasteiger partial charge in [0.15, 0.2) is 0 Å². The van der Waals surface area contributed by atoms with Gasteiger partial charge in [-0.05, 0) is 48.0 Å². The second-order valence-electron chi connectivity index (χ2n) is 7.29.